The maximum Gasteiger partial charge on any atom is 0.246 e. The van der Waals surface area contributed by atoms with E-state index in [1.807, 2.05) is 30.3 Å². The summed E-state index contributed by atoms with van der Waals surface area (Å²) < 4.78 is 12.9. The zero-order valence-electron chi connectivity index (χ0n) is 17.5. The van der Waals surface area contributed by atoms with Crippen LogP contribution in [0.2, 0.25) is 5.02 Å². The SMILES string of the molecule is CN=C(NCCc1cc(Cl)c2c(c1)OCCO2)N1CCN(c2cnn(C)c2)C(=O)C1.I. The van der Waals surface area contributed by atoms with Crippen LogP contribution < -0.4 is 19.7 Å². The Morgan fingerprint density at radius 3 is 2.81 bits per heavy atom. The van der Waals surface area contributed by atoms with E-state index in [4.69, 9.17) is 21.1 Å². The number of aliphatic imine (C=N–C) groups is 1. The van der Waals surface area contributed by atoms with Gasteiger partial charge >= 0.3 is 0 Å². The number of nitrogens with one attached hydrogen (secondary N) is 1. The monoisotopic (exact) mass is 560 g/mol. The molecule has 1 amide bonds. The van der Waals surface area contributed by atoms with Crippen LogP contribution in [0.3, 0.4) is 0 Å². The van der Waals surface area contributed by atoms with E-state index in [1.54, 1.807) is 22.8 Å². The summed E-state index contributed by atoms with van der Waals surface area (Å²) in [5.41, 5.74) is 1.87. The molecule has 3 heterocycles. The number of aromatic nitrogens is 2. The van der Waals surface area contributed by atoms with Gasteiger partial charge in [-0.1, -0.05) is 11.6 Å². The number of piperazine rings is 1. The highest BCUT2D eigenvalue weighted by atomic mass is 127. The number of carbonyl (C=O) groups is 1. The number of hydrogen-bond donors (Lipinski definition) is 1. The van der Waals surface area contributed by atoms with Crippen LogP contribution in [0.15, 0.2) is 29.5 Å². The zero-order chi connectivity index (χ0) is 21.1. The van der Waals surface area contributed by atoms with Gasteiger partial charge in [-0.05, 0) is 24.1 Å². The summed E-state index contributed by atoms with van der Waals surface area (Å²) in [7, 11) is 3.56. The molecular weight excluding hydrogens is 535 g/mol. The summed E-state index contributed by atoms with van der Waals surface area (Å²) in [6.07, 6.45) is 4.29. The fraction of sp³-hybridized carbons (Fsp3) is 0.450. The standard InChI is InChI=1S/C20H25ClN6O3.HI/c1-22-20(26-5-6-27(18(28)13-26)15-11-24-25(2)12-15)23-4-3-14-9-16(21)19-17(10-14)29-7-8-30-19;/h9-12H,3-8,13H2,1-2H3,(H,22,23);1H. The number of benzene rings is 1. The Kier molecular flexibility index (Phi) is 7.87. The second-order valence-electron chi connectivity index (χ2n) is 7.16. The van der Waals surface area contributed by atoms with Crippen LogP contribution in [0.5, 0.6) is 11.5 Å². The van der Waals surface area contributed by atoms with E-state index in [9.17, 15) is 4.79 Å². The average Bonchev–Trinajstić information content (AvgIpc) is 3.17. The number of rotatable bonds is 4. The van der Waals surface area contributed by atoms with Crippen molar-refractivity contribution >= 4 is 53.1 Å². The van der Waals surface area contributed by atoms with Crippen LogP contribution in [0, 0.1) is 0 Å². The molecule has 1 aromatic heterocycles. The smallest absolute Gasteiger partial charge is 0.246 e. The number of halogens is 2. The van der Waals surface area contributed by atoms with Crippen molar-refractivity contribution in [2.24, 2.45) is 12.0 Å². The first-order valence-electron chi connectivity index (χ1n) is 9.88. The van der Waals surface area contributed by atoms with Gasteiger partial charge < -0.3 is 24.6 Å². The Morgan fingerprint density at radius 2 is 2.10 bits per heavy atom. The largest absolute Gasteiger partial charge is 0.486 e. The fourth-order valence-electron chi connectivity index (χ4n) is 3.63. The second kappa shape index (κ2) is 10.4. The van der Waals surface area contributed by atoms with E-state index in [0.29, 0.717) is 55.3 Å². The predicted octanol–water partition coefficient (Wildman–Crippen LogP) is 1.93. The highest BCUT2D eigenvalue weighted by molar-refractivity contribution is 14.0. The Hall–Kier alpha value is -2.21. The van der Waals surface area contributed by atoms with Crippen molar-refractivity contribution in [3.05, 3.63) is 35.1 Å². The van der Waals surface area contributed by atoms with Crippen LogP contribution in [-0.2, 0) is 18.3 Å². The molecule has 4 rings (SSSR count). The summed E-state index contributed by atoms with van der Waals surface area (Å²) in [6, 6.07) is 3.86. The minimum absolute atomic E-state index is 0. The zero-order valence-corrected chi connectivity index (χ0v) is 20.6. The Morgan fingerprint density at radius 1 is 1.29 bits per heavy atom. The van der Waals surface area contributed by atoms with Gasteiger partial charge in [0.1, 0.15) is 19.8 Å². The first kappa shape index (κ1) is 23.5. The van der Waals surface area contributed by atoms with E-state index >= 15 is 0 Å². The molecule has 9 nitrogen and oxygen atoms in total. The molecule has 0 atom stereocenters. The quantitative estimate of drug-likeness (QED) is 0.350. The third-order valence-electron chi connectivity index (χ3n) is 5.09. The number of fused-ring (bicyclic) bond motifs is 1. The normalized spacial score (nSPS) is 16.2. The van der Waals surface area contributed by atoms with Gasteiger partial charge in [0.25, 0.3) is 0 Å². The van der Waals surface area contributed by atoms with E-state index in [2.05, 4.69) is 15.4 Å². The molecule has 1 N–H and O–H groups in total. The van der Waals surface area contributed by atoms with Crippen molar-refractivity contribution in [3.8, 4) is 11.5 Å². The average molecular weight is 561 g/mol. The van der Waals surface area contributed by atoms with Crippen LogP contribution >= 0.6 is 35.6 Å². The molecule has 0 spiro atoms. The van der Waals surface area contributed by atoms with Crippen LogP contribution in [-0.4, -0.2) is 73.0 Å². The van der Waals surface area contributed by atoms with Crippen molar-refractivity contribution in [2.45, 2.75) is 6.42 Å². The molecule has 0 unspecified atom stereocenters. The van der Waals surface area contributed by atoms with Crippen molar-refractivity contribution in [1.29, 1.82) is 0 Å². The van der Waals surface area contributed by atoms with Gasteiger partial charge in [-0.25, -0.2) is 0 Å². The molecule has 1 saturated heterocycles. The van der Waals surface area contributed by atoms with E-state index in [-0.39, 0.29) is 36.4 Å². The van der Waals surface area contributed by atoms with Crippen LogP contribution in [0.1, 0.15) is 5.56 Å². The first-order chi connectivity index (χ1) is 14.5. The Balaban J connectivity index is 0.00000272. The van der Waals surface area contributed by atoms with Gasteiger partial charge in [0.2, 0.25) is 5.91 Å². The predicted molar refractivity (Wildman–Crippen MR) is 130 cm³/mol. The van der Waals surface area contributed by atoms with Crippen molar-refractivity contribution in [2.75, 3.05) is 51.3 Å². The van der Waals surface area contributed by atoms with Gasteiger partial charge in [0.15, 0.2) is 17.5 Å². The maximum absolute atomic E-state index is 12.6. The number of carbonyl (C=O) groups excluding carboxylic acids is 1. The number of aryl methyl sites for hydroxylation is 1. The third kappa shape index (κ3) is 5.35. The lowest BCUT2D eigenvalue weighted by Crippen LogP contribution is -2.55. The molecule has 0 bridgehead atoms. The van der Waals surface area contributed by atoms with Crippen molar-refractivity contribution in [3.63, 3.8) is 0 Å². The van der Waals surface area contributed by atoms with Gasteiger partial charge in [-0.15, -0.1) is 24.0 Å². The Bertz CT molecular complexity index is 966. The van der Waals surface area contributed by atoms with Crippen molar-refractivity contribution in [1.82, 2.24) is 20.0 Å². The molecule has 2 aromatic rings. The summed E-state index contributed by atoms with van der Waals surface area (Å²) in [4.78, 5) is 20.7. The van der Waals surface area contributed by atoms with Crippen LogP contribution in [0.4, 0.5) is 5.69 Å². The molecule has 11 heteroatoms. The molecule has 31 heavy (non-hydrogen) atoms. The van der Waals surface area contributed by atoms with E-state index in [1.165, 1.54) is 0 Å². The number of guanidine groups is 1. The molecule has 0 saturated carbocycles. The molecule has 2 aliphatic heterocycles. The third-order valence-corrected chi connectivity index (χ3v) is 5.37. The van der Waals surface area contributed by atoms with Crippen molar-refractivity contribution < 1.29 is 14.3 Å². The van der Waals surface area contributed by atoms with E-state index in [0.717, 1.165) is 17.7 Å². The minimum atomic E-state index is 0. The number of nitrogens with zero attached hydrogens (tertiary/aromatic N) is 5. The number of hydrogen-bond acceptors (Lipinski definition) is 5. The molecule has 0 radical (unpaired) electrons. The molecule has 1 aromatic carbocycles. The number of anilines is 1. The van der Waals surface area contributed by atoms with Crippen LogP contribution in [0.25, 0.3) is 0 Å². The summed E-state index contributed by atoms with van der Waals surface area (Å²) in [5.74, 6) is 2.03. The molecule has 2 aliphatic rings. The Labute approximate surface area is 203 Å². The number of ether oxygens (including phenoxy) is 2. The lowest BCUT2D eigenvalue weighted by molar-refractivity contribution is -0.120. The first-order valence-corrected chi connectivity index (χ1v) is 10.3. The van der Waals surface area contributed by atoms with Gasteiger partial charge in [0, 0.05) is 39.9 Å². The molecule has 168 valence electrons. The summed E-state index contributed by atoms with van der Waals surface area (Å²) in [5, 5.41) is 8.04. The highest BCUT2D eigenvalue weighted by Crippen LogP contribution is 2.38. The lowest BCUT2D eigenvalue weighted by atomic mass is 10.1. The highest BCUT2D eigenvalue weighted by Gasteiger charge is 2.27. The topological polar surface area (TPSA) is 84.2 Å². The van der Waals surface area contributed by atoms with Gasteiger partial charge in [-0.2, -0.15) is 5.10 Å². The van der Waals surface area contributed by atoms with Gasteiger partial charge in [0.05, 0.1) is 16.9 Å². The molecule has 1 fully saturated rings. The second-order valence-corrected chi connectivity index (χ2v) is 7.57. The van der Waals surface area contributed by atoms with Gasteiger partial charge in [-0.3, -0.25) is 14.5 Å². The minimum Gasteiger partial charge on any atom is -0.486 e. The fourth-order valence-corrected chi connectivity index (χ4v) is 3.92. The lowest BCUT2D eigenvalue weighted by Gasteiger charge is -2.35. The molecule has 0 aliphatic carbocycles. The summed E-state index contributed by atoms with van der Waals surface area (Å²) >= 11 is 6.31. The van der Waals surface area contributed by atoms with E-state index < -0.39 is 0 Å². The number of amides is 1. The summed E-state index contributed by atoms with van der Waals surface area (Å²) in [6.45, 7) is 3.23. The maximum atomic E-state index is 12.6. The molecular formula is C20H26ClIN6O3.